The van der Waals surface area contributed by atoms with E-state index in [0.29, 0.717) is 12.6 Å². The quantitative estimate of drug-likeness (QED) is 0.621. The maximum absolute atomic E-state index is 11.6. The van der Waals surface area contributed by atoms with Gasteiger partial charge in [0.2, 0.25) is 5.91 Å². The molecule has 0 aromatic rings. The first-order chi connectivity index (χ1) is 8.83. The zero-order valence-corrected chi connectivity index (χ0v) is 12.0. The van der Waals surface area contributed by atoms with Crippen molar-refractivity contribution in [3.05, 3.63) is 0 Å². The van der Waals surface area contributed by atoms with Gasteiger partial charge in [0.25, 0.3) is 0 Å². The van der Waals surface area contributed by atoms with Gasteiger partial charge in [-0.1, -0.05) is 51.9 Å². The van der Waals surface area contributed by atoms with E-state index in [1.54, 1.807) is 0 Å². The van der Waals surface area contributed by atoms with Crippen molar-refractivity contribution < 1.29 is 4.79 Å². The molecule has 1 rings (SSSR count). The largest absolute Gasteiger partial charge is 0.355 e. The van der Waals surface area contributed by atoms with Crippen LogP contribution in [0.1, 0.15) is 71.1 Å². The van der Waals surface area contributed by atoms with Crippen molar-refractivity contribution in [2.24, 2.45) is 0 Å². The van der Waals surface area contributed by atoms with Crippen molar-refractivity contribution in [3.8, 4) is 0 Å². The molecule has 0 bridgehead atoms. The Morgan fingerprint density at radius 3 is 2.50 bits per heavy atom. The van der Waals surface area contributed by atoms with Crippen molar-refractivity contribution in [1.29, 1.82) is 0 Å². The Kier molecular flexibility index (Phi) is 8.92. The molecule has 0 aromatic heterocycles. The van der Waals surface area contributed by atoms with Gasteiger partial charge in [-0.25, -0.2) is 0 Å². The molecule has 1 saturated carbocycles. The van der Waals surface area contributed by atoms with Crippen molar-refractivity contribution >= 4 is 5.91 Å². The third kappa shape index (κ3) is 7.70. The van der Waals surface area contributed by atoms with Gasteiger partial charge < -0.3 is 10.6 Å². The second-order valence-electron chi connectivity index (χ2n) is 5.48. The third-order valence-corrected chi connectivity index (χ3v) is 3.76. The average Bonchev–Trinajstić information content (AvgIpc) is 2.41. The van der Waals surface area contributed by atoms with Gasteiger partial charge in [-0.2, -0.15) is 0 Å². The highest BCUT2D eigenvalue weighted by Crippen LogP contribution is 2.16. The SMILES string of the molecule is CCCCCCCNC(=O)CNC1CCCCC1. The minimum absolute atomic E-state index is 0.163. The normalized spacial score (nSPS) is 16.7. The van der Waals surface area contributed by atoms with Crippen LogP contribution in [0.15, 0.2) is 0 Å². The molecule has 0 radical (unpaired) electrons. The molecule has 0 heterocycles. The van der Waals surface area contributed by atoms with Crippen molar-refractivity contribution in [3.63, 3.8) is 0 Å². The van der Waals surface area contributed by atoms with Gasteiger partial charge in [0.1, 0.15) is 0 Å². The Labute approximate surface area is 112 Å². The lowest BCUT2D eigenvalue weighted by Gasteiger charge is -2.22. The molecule has 3 nitrogen and oxygen atoms in total. The van der Waals surface area contributed by atoms with Crippen LogP contribution >= 0.6 is 0 Å². The minimum Gasteiger partial charge on any atom is -0.355 e. The molecule has 18 heavy (non-hydrogen) atoms. The molecule has 3 heteroatoms. The standard InChI is InChI=1S/C15H30N2O/c1-2-3-4-5-9-12-16-15(18)13-17-14-10-7-6-8-11-14/h14,17H,2-13H2,1H3,(H,16,18). The molecular weight excluding hydrogens is 224 g/mol. The molecule has 0 spiro atoms. The maximum Gasteiger partial charge on any atom is 0.233 e. The van der Waals surface area contributed by atoms with Crippen LogP contribution in [-0.4, -0.2) is 25.0 Å². The van der Waals surface area contributed by atoms with Crippen LogP contribution in [0.5, 0.6) is 0 Å². The second kappa shape index (κ2) is 10.4. The molecule has 1 fully saturated rings. The summed E-state index contributed by atoms with van der Waals surface area (Å²) in [6.45, 7) is 3.56. The fraction of sp³-hybridized carbons (Fsp3) is 0.933. The van der Waals surface area contributed by atoms with Crippen LogP contribution in [0.2, 0.25) is 0 Å². The van der Waals surface area contributed by atoms with E-state index in [2.05, 4.69) is 17.6 Å². The number of amides is 1. The Balaban J connectivity index is 1.90. The predicted octanol–water partition coefficient (Wildman–Crippen LogP) is 3.00. The molecule has 0 atom stereocenters. The van der Waals surface area contributed by atoms with E-state index >= 15 is 0 Å². The number of carbonyl (C=O) groups is 1. The minimum atomic E-state index is 0.163. The molecule has 0 aliphatic heterocycles. The van der Waals surface area contributed by atoms with Gasteiger partial charge in [0.15, 0.2) is 0 Å². The number of hydrogen-bond acceptors (Lipinski definition) is 2. The molecule has 106 valence electrons. The topological polar surface area (TPSA) is 41.1 Å². The summed E-state index contributed by atoms with van der Waals surface area (Å²) in [5.74, 6) is 0.163. The monoisotopic (exact) mass is 254 g/mol. The van der Waals surface area contributed by atoms with E-state index < -0.39 is 0 Å². The lowest BCUT2D eigenvalue weighted by Crippen LogP contribution is -2.40. The number of nitrogens with one attached hydrogen (secondary N) is 2. The molecular formula is C15H30N2O. The van der Waals surface area contributed by atoms with E-state index in [1.165, 1.54) is 57.8 Å². The smallest absolute Gasteiger partial charge is 0.233 e. The summed E-state index contributed by atoms with van der Waals surface area (Å²) in [7, 11) is 0. The summed E-state index contributed by atoms with van der Waals surface area (Å²) >= 11 is 0. The van der Waals surface area contributed by atoms with Gasteiger partial charge >= 0.3 is 0 Å². The van der Waals surface area contributed by atoms with E-state index in [4.69, 9.17) is 0 Å². The van der Waals surface area contributed by atoms with Crippen LogP contribution in [0.3, 0.4) is 0 Å². The molecule has 1 aliphatic carbocycles. The Morgan fingerprint density at radius 1 is 1.06 bits per heavy atom. The van der Waals surface area contributed by atoms with Gasteiger partial charge in [0.05, 0.1) is 6.54 Å². The van der Waals surface area contributed by atoms with E-state index in [-0.39, 0.29) is 5.91 Å². The van der Waals surface area contributed by atoms with E-state index in [1.807, 2.05) is 0 Å². The summed E-state index contributed by atoms with van der Waals surface area (Å²) in [5.41, 5.74) is 0. The Hall–Kier alpha value is -0.570. The highest BCUT2D eigenvalue weighted by Gasteiger charge is 2.13. The summed E-state index contributed by atoms with van der Waals surface area (Å²) < 4.78 is 0. The maximum atomic E-state index is 11.6. The van der Waals surface area contributed by atoms with Crippen LogP contribution in [0.25, 0.3) is 0 Å². The lowest BCUT2D eigenvalue weighted by atomic mass is 9.95. The number of carbonyl (C=O) groups excluding carboxylic acids is 1. The summed E-state index contributed by atoms with van der Waals surface area (Å²) in [6.07, 6.45) is 12.7. The van der Waals surface area contributed by atoms with Crippen LogP contribution in [0, 0.1) is 0 Å². The van der Waals surface area contributed by atoms with Gasteiger partial charge in [-0.3, -0.25) is 4.79 Å². The molecule has 1 aliphatic rings. The lowest BCUT2D eigenvalue weighted by molar-refractivity contribution is -0.120. The van der Waals surface area contributed by atoms with Gasteiger partial charge in [0, 0.05) is 12.6 Å². The number of unbranched alkanes of at least 4 members (excludes halogenated alkanes) is 4. The van der Waals surface area contributed by atoms with Crippen LogP contribution < -0.4 is 10.6 Å². The first-order valence-electron chi connectivity index (χ1n) is 7.83. The summed E-state index contributed by atoms with van der Waals surface area (Å²) in [4.78, 5) is 11.6. The second-order valence-corrected chi connectivity index (χ2v) is 5.48. The molecule has 2 N–H and O–H groups in total. The molecule has 0 saturated heterocycles. The van der Waals surface area contributed by atoms with Crippen molar-refractivity contribution in [2.45, 2.75) is 77.2 Å². The highest BCUT2D eigenvalue weighted by atomic mass is 16.1. The predicted molar refractivity (Wildman–Crippen MR) is 76.6 cm³/mol. The first-order valence-corrected chi connectivity index (χ1v) is 7.83. The van der Waals surface area contributed by atoms with E-state index in [0.717, 1.165) is 13.0 Å². The number of rotatable bonds is 9. The number of hydrogen-bond donors (Lipinski definition) is 2. The molecule has 0 aromatic carbocycles. The highest BCUT2D eigenvalue weighted by molar-refractivity contribution is 5.77. The summed E-state index contributed by atoms with van der Waals surface area (Å²) in [6, 6.07) is 0.578. The van der Waals surface area contributed by atoms with Gasteiger partial charge in [-0.05, 0) is 19.3 Å². The van der Waals surface area contributed by atoms with Crippen LogP contribution in [0.4, 0.5) is 0 Å². The molecule has 1 amide bonds. The fourth-order valence-electron chi connectivity index (χ4n) is 2.56. The molecule has 0 unspecified atom stereocenters. The Morgan fingerprint density at radius 2 is 1.78 bits per heavy atom. The fourth-order valence-corrected chi connectivity index (χ4v) is 2.56. The Bertz CT molecular complexity index is 213. The third-order valence-electron chi connectivity index (χ3n) is 3.76. The van der Waals surface area contributed by atoms with Crippen molar-refractivity contribution in [2.75, 3.05) is 13.1 Å². The first kappa shape index (κ1) is 15.5. The van der Waals surface area contributed by atoms with Gasteiger partial charge in [-0.15, -0.1) is 0 Å². The van der Waals surface area contributed by atoms with Crippen molar-refractivity contribution in [1.82, 2.24) is 10.6 Å². The van der Waals surface area contributed by atoms with E-state index in [9.17, 15) is 4.79 Å². The average molecular weight is 254 g/mol. The van der Waals surface area contributed by atoms with Crippen LogP contribution in [-0.2, 0) is 4.79 Å². The zero-order chi connectivity index (χ0) is 13.1. The summed E-state index contributed by atoms with van der Waals surface area (Å²) in [5, 5.41) is 6.37. The zero-order valence-electron chi connectivity index (χ0n) is 12.0.